The van der Waals surface area contributed by atoms with Crippen molar-refractivity contribution >= 4 is 35.4 Å². The summed E-state index contributed by atoms with van der Waals surface area (Å²) in [6.07, 6.45) is 0.319. The van der Waals surface area contributed by atoms with Crippen LogP contribution in [0.1, 0.15) is 33.9 Å². The Morgan fingerprint density at radius 3 is 2.62 bits per heavy atom. The van der Waals surface area contributed by atoms with Gasteiger partial charge < -0.3 is 4.98 Å². The molecule has 2 aromatic heterocycles. The number of aromatic amines is 1. The summed E-state index contributed by atoms with van der Waals surface area (Å²) in [5.74, 6) is -0.331. The van der Waals surface area contributed by atoms with Crippen LogP contribution in [-0.4, -0.2) is 31.5 Å². The molecule has 0 unspecified atom stereocenters. The lowest BCUT2D eigenvalue weighted by atomic mass is 10.1. The van der Waals surface area contributed by atoms with Gasteiger partial charge in [0.1, 0.15) is 11.2 Å². The predicted molar refractivity (Wildman–Crippen MR) is 56.8 cm³/mol. The van der Waals surface area contributed by atoms with Crippen LogP contribution in [0.5, 0.6) is 0 Å². The summed E-state index contributed by atoms with van der Waals surface area (Å²) < 4.78 is 0. The molecule has 1 aliphatic rings. The lowest BCUT2D eigenvalue weighted by molar-refractivity contribution is 0.0924. The second-order valence-corrected chi connectivity index (χ2v) is 3.92. The van der Waals surface area contributed by atoms with E-state index in [1.165, 1.54) is 0 Å². The number of thiol groups is 1. The van der Waals surface area contributed by atoms with Crippen molar-refractivity contribution in [3.63, 3.8) is 0 Å². The molecule has 1 aliphatic heterocycles. The number of nitrogens with zero attached hydrogens (tertiary/aromatic N) is 3. The maximum atomic E-state index is 11.7. The van der Waals surface area contributed by atoms with Gasteiger partial charge in [0.05, 0.1) is 0 Å². The van der Waals surface area contributed by atoms with Gasteiger partial charge in [0, 0.05) is 12.8 Å². The highest BCUT2D eigenvalue weighted by Gasteiger charge is 2.25. The van der Waals surface area contributed by atoms with Crippen molar-refractivity contribution in [3.05, 3.63) is 11.5 Å². The molecule has 0 amide bonds. The average Bonchev–Trinajstić information content (AvgIpc) is 2.58. The fourth-order valence-corrected chi connectivity index (χ4v) is 1.88. The van der Waals surface area contributed by atoms with Crippen LogP contribution in [-0.2, 0) is 0 Å². The quantitative estimate of drug-likeness (QED) is 0.658. The molecule has 1 N–H and O–H groups in total. The third-order valence-corrected chi connectivity index (χ3v) is 2.64. The molecule has 0 spiro atoms. The lowest BCUT2D eigenvalue weighted by Crippen LogP contribution is -2.04. The Hall–Kier alpha value is -1.76. The minimum absolute atomic E-state index is 0.0631. The predicted octanol–water partition coefficient (Wildman–Crippen LogP) is 0.801. The molecule has 7 heteroatoms. The molecule has 16 heavy (non-hydrogen) atoms. The highest BCUT2D eigenvalue weighted by molar-refractivity contribution is 7.80. The molecule has 3 rings (SSSR count). The average molecular weight is 234 g/mol. The van der Waals surface area contributed by atoms with Gasteiger partial charge >= 0.3 is 0 Å². The summed E-state index contributed by atoms with van der Waals surface area (Å²) in [5.41, 5.74) is 1.00. The van der Waals surface area contributed by atoms with Gasteiger partial charge in [-0.1, -0.05) is 0 Å². The minimum Gasteiger partial charge on any atom is -0.330 e. The van der Waals surface area contributed by atoms with E-state index >= 15 is 0 Å². The van der Waals surface area contributed by atoms with E-state index in [9.17, 15) is 9.59 Å². The van der Waals surface area contributed by atoms with Gasteiger partial charge in [-0.3, -0.25) is 9.59 Å². The normalized spacial score (nSPS) is 15.6. The summed E-state index contributed by atoms with van der Waals surface area (Å²) >= 11 is 4.03. The van der Waals surface area contributed by atoms with Crippen molar-refractivity contribution in [2.75, 3.05) is 0 Å². The summed E-state index contributed by atoms with van der Waals surface area (Å²) in [7, 11) is 0. The number of fused-ring (bicyclic) bond motifs is 4. The zero-order valence-electron chi connectivity index (χ0n) is 8.02. The van der Waals surface area contributed by atoms with Crippen LogP contribution < -0.4 is 0 Å². The fraction of sp³-hybridized carbons (Fsp3) is 0.222. The standard InChI is InChI=1S/C9H6N4O2S/c14-3-1-2-4(15)7-10-5(3)6-8(12-7)13-9(16)11-6/h1-2H2,(H2,10,11,12,13,16). The first kappa shape index (κ1) is 9.46. The number of rotatable bonds is 0. The number of carbonyl (C=O) groups is 2. The van der Waals surface area contributed by atoms with E-state index in [1.807, 2.05) is 0 Å². The van der Waals surface area contributed by atoms with Crippen LogP contribution in [0.25, 0.3) is 11.2 Å². The molecule has 0 saturated heterocycles. The molecular weight excluding hydrogens is 228 g/mol. The highest BCUT2D eigenvalue weighted by atomic mass is 32.1. The first-order valence-corrected chi connectivity index (χ1v) is 5.13. The Morgan fingerprint density at radius 1 is 1.06 bits per heavy atom. The number of hydrogen-bond acceptors (Lipinski definition) is 6. The largest absolute Gasteiger partial charge is 0.330 e. The summed E-state index contributed by atoms with van der Waals surface area (Å²) in [5, 5.41) is 0.350. The molecule has 0 saturated carbocycles. The zero-order valence-corrected chi connectivity index (χ0v) is 8.91. The molecule has 80 valence electrons. The molecule has 2 aromatic rings. The Morgan fingerprint density at radius 2 is 1.81 bits per heavy atom. The third-order valence-electron chi connectivity index (χ3n) is 2.43. The monoisotopic (exact) mass is 234 g/mol. The molecule has 0 fully saturated rings. The lowest BCUT2D eigenvalue weighted by Gasteiger charge is -1.96. The summed E-state index contributed by atoms with van der Waals surface area (Å²) in [4.78, 5) is 38.0. The number of Topliss-reactive ketones (excluding diaryl/α,β-unsaturated/α-hetero) is 2. The van der Waals surface area contributed by atoms with Crippen LogP contribution in [0.4, 0.5) is 0 Å². The van der Waals surface area contributed by atoms with E-state index in [1.54, 1.807) is 0 Å². The molecule has 3 heterocycles. The van der Waals surface area contributed by atoms with Crippen molar-refractivity contribution in [2.45, 2.75) is 18.0 Å². The Bertz CT molecular complexity index is 634. The van der Waals surface area contributed by atoms with Gasteiger partial charge in [0.25, 0.3) is 0 Å². The smallest absolute Gasteiger partial charge is 0.200 e. The Kier molecular flexibility index (Phi) is 1.84. The van der Waals surface area contributed by atoms with Crippen molar-refractivity contribution in [3.8, 4) is 0 Å². The number of aromatic nitrogens is 4. The molecule has 6 nitrogen and oxygen atoms in total. The SMILES string of the molecule is O=C1CCC(=O)c2nc1nc1nc(S)[nH]c21. The molecule has 0 radical (unpaired) electrons. The maximum Gasteiger partial charge on any atom is 0.200 e. The van der Waals surface area contributed by atoms with Crippen LogP contribution in [0.3, 0.4) is 0 Å². The summed E-state index contributed by atoms with van der Waals surface area (Å²) in [6.45, 7) is 0. The maximum absolute atomic E-state index is 11.7. The van der Waals surface area contributed by atoms with E-state index in [0.29, 0.717) is 16.3 Å². The van der Waals surface area contributed by atoms with Crippen LogP contribution in [0.2, 0.25) is 0 Å². The van der Waals surface area contributed by atoms with Crippen LogP contribution in [0, 0.1) is 0 Å². The number of nitrogens with one attached hydrogen (secondary N) is 1. The second kappa shape index (κ2) is 3.11. The van der Waals surface area contributed by atoms with Gasteiger partial charge in [-0.2, -0.15) is 0 Å². The van der Waals surface area contributed by atoms with E-state index in [0.717, 1.165) is 0 Å². The minimum atomic E-state index is -0.224. The molecular formula is C9H6N4O2S. The first-order valence-electron chi connectivity index (χ1n) is 4.68. The number of ketones is 2. The summed E-state index contributed by atoms with van der Waals surface area (Å²) in [6, 6.07) is 0. The van der Waals surface area contributed by atoms with Crippen molar-refractivity contribution in [1.29, 1.82) is 0 Å². The second-order valence-electron chi connectivity index (χ2n) is 3.50. The van der Waals surface area contributed by atoms with Gasteiger partial charge in [-0.15, -0.1) is 12.6 Å². The number of carbonyl (C=O) groups excluding carboxylic acids is 2. The van der Waals surface area contributed by atoms with Crippen molar-refractivity contribution in [1.82, 2.24) is 19.9 Å². The van der Waals surface area contributed by atoms with E-state index in [-0.39, 0.29) is 35.9 Å². The number of H-pyrrole nitrogens is 1. The van der Waals surface area contributed by atoms with E-state index in [4.69, 9.17) is 0 Å². The highest BCUT2D eigenvalue weighted by Crippen LogP contribution is 2.20. The first-order chi connectivity index (χ1) is 7.65. The van der Waals surface area contributed by atoms with Crippen LogP contribution >= 0.6 is 12.6 Å². The zero-order chi connectivity index (χ0) is 11.3. The Labute approximate surface area is 94.9 Å². The number of hydrogen-bond donors (Lipinski definition) is 2. The van der Waals surface area contributed by atoms with Gasteiger partial charge in [-0.25, -0.2) is 15.0 Å². The third kappa shape index (κ3) is 1.25. The van der Waals surface area contributed by atoms with Crippen LogP contribution in [0.15, 0.2) is 5.16 Å². The molecule has 0 aliphatic carbocycles. The van der Waals surface area contributed by atoms with Crippen molar-refractivity contribution in [2.24, 2.45) is 0 Å². The molecule has 0 atom stereocenters. The molecule has 2 bridgehead atoms. The Balaban J connectivity index is 2.42. The molecule has 0 aromatic carbocycles. The van der Waals surface area contributed by atoms with E-state index in [2.05, 4.69) is 32.6 Å². The van der Waals surface area contributed by atoms with Gasteiger partial charge in [-0.05, 0) is 0 Å². The van der Waals surface area contributed by atoms with E-state index < -0.39 is 0 Å². The van der Waals surface area contributed by atoms with Gasteiger partial charge in [0.15, 0.2) is 22.4 Å². The topological polar surface area (TPSA) is 88.6 Å². The van der Waals surface area contributed by atoms with Crippen molar-refractivity contribution < 1.29 is 9.59 Å². The number of imidazole rings is 1. The fourth-order valence-electron chi connectivity index (χ4n) is 1.67. The van der Waals surface area contributed by atoms with Gasteiger partial charge in [0.2, 0.25) is 5.78 Å².